The molecule has 0 atom stereocenters. The summed E-state index contributed by atoms with van der Waals surface area (Å²) in [5.74, 6) is -1.57. The summed E-state index contributed by atoms with van der Waals surface area (Å²) in [6, 6.07) is 14.1. The van der Waals surface area contributed by atoms with Gasteiger partial charge >= 0.3 is 5.97 Å². The van der Waals surface area contributed by atoms with E-state index in [1.165, 1.54) is 12.1 Å². The highest BCUT2D eigenvalue weighted by Gasteiger charge is 2.31. The molecule has 190 valence electrons. The third kappa shape index (κ3) is 6.38. The summed E-state index contributed by atoms with van der Waals surface area (Å²) >= 11 is 0. The Bertz CT molecular complexity index is 1280. The molecule has 0 fully saturated rings. The minimum atomic E-state index is -0.891. The topological polar surface area (TPSA) is 77.8 Å². The van der Waals surface area contributed by atoms with Gasteiger partial charge in [0.15, 0.2) is 0 Å². The Kier molecular flexibility index (Phi) is 7.99. The first kappa shape index (κ1) is 27.1. The van der Waals surface area contributed by atoms with Gasteiger partial charge in [0.2, 0.25) is 0 Å². The number of carboxylic acids is 1. The van der Waals surface area contributed by atoms with Gasteiger partial charge in [0.1, 0.15) is 5.82 Å². The van der Waals surface area contributed by atoms with Crippen LogP contribution in [0.25, 0.3) is 11.1 Å². The van der Waals surface area contributed by atoms with Crippen LogP contribution in [0.5, 0.6) is 0 Å². The summed E-state index contributed by atoms with van der Waals surface area (Å²) < 4.78 is 13.8. The standard InChI is InChI=1S/C26H24FNO3.C4H10O/c1-15-4-7-18(8-5-15)25-20-10-11-28(23(20)12-17(3)21(25)14-24(29)30)26(31)22-13-19(27)9-6-16(22)2;1-4(2,3)5/h4-9,12-13H,10-11,14H2,1-3H3,(H,29,30);5H,1-3H3. The molecule has 1 heterocycles. The van der Waals surface area contributed by atoms with Gasteiger partial charge < -0.3 is 15.1 Å². The van der Waals surface area contributed by atoms with Gasteiger partial charge in [-0.3, -0.25) is 9.59 Å². The summed E-state index contributed by atoms with van der Waals surface area (Å²) in [5, 5.41) is 18.0. The number of amides is 1. The van der Waals surface area contributed by atoms with Gasteiger partial charge in [0, 0.05) is 17.8 Å². The Labute approximate surface area is 212 Å². The van der Waals surface area contributed by atoms with Crippen molar-refractivity contribution < 1.29 is 24.2 Å². The smallest absolute Gasteiger partial charge is 0.307 e. The third-order valence-electron chi connectivity index (χ3n) is 5.96. The number of halogens is 1. The van der Waals surface area contributed by atoms with Gasteiger partial charge in [0.25, 0.3) is 5.91 Å². The van der Waals surface area contributed by atoms with Crippen LogP contribution in [0.15, 0.2) is 48.5 Å². The molecule has 1 amide bonds. The van der Waals surface area contributed by atoms with Crippen molar-refractivity contribution in [1.29, 1.82) is 0 Å². The van der Waals surface area contributed by atoms with Crippen LogP contribution in [0.1, 0.15) is 58.9 Å². The molecule has 3 aromatic rings. The van der Waals surface area contributed by atoms with E-state index in [4.69, 9.17) is 5.11 Å². The number of rotatable bonds is 4. The summed E-state index contributed by atoms with van der Waals surface area (Å²) in [7, 11) is 0. The van der Waals surface area contributed by atoms with Crippen LogP contribution in [0, 0.1) is 26.6 Å². The fourth-order valence-electron chi connectivity index (χ4n) is 4.35. The molecule has 3 aromatic carbocycles. The molecule has 0 aromatic heterocycles. The minimum absolute atomic E-state index is 0.0841. The number of aliphatic hydroxyl groups is 1. The number of carboxylic acid groups (broad SMARTS) is 1. The van der Waals surface area contributed by atoms with E-state index in [-0.39, 0.29) is 12.3 Å². The van der Waals surface area contributed by atoms with Gasteiger partial charge in [0.05, 0.1) is 12.0 Å². The number of benzene rings is 3. The summed E-state index contributed by atoms with van der Waals surface area (Å²) in [6.07, 6.45) is 0.533. The van der Waals surface area contributed by atoms with Crippen LogP contribution in [-0.4, -0.2) is 34.2 Å². The van der Waals surface area contributed by atoms with Crippen molar-refractivity contribution in [2.45, 2.75) is 60.0 Å². The monoisotopic (exact) mass is 491 g/mol. The third-order valence-corrected chi connectivity index (χ3v) is 5.96. The lowest BCUT2D eigenvalue weighted by Gasteiger charge is -2.22. The number of carbonyl (C=O) groups is 2. The van der Waals surface area contributed by atoms with E-state index in [2.05, 4.69) is 0 Å². The number of aliphatic carboxylic acids is 1. The molecule has 1 aliphatic rings. The van der Waals surface area contributed by atoms with Crippen molar-refractivity contribution in [2.75, 3.05) is 11.4 Å². The molecular formula is C30H34FNO4. The number of hydrogen-bond donors (Lipinski definition) is 2. The van der Waals surface area contributed by atoms with E-state index in [1.807, 2.05) is 44.2 Å². The van der Waals surface area contributed by atoms with Crippen molar-refractivity contribution >= 4 is 17.6 Å². The zero-order valence-corrected chi connectivity index (χ0v) is 21.8. The molecule has 0 saturated carbocycles. The van der Waals surface area contributed by atoms with Gasteiger partial charge in [-0.15, -0.1) is 0 Å². The zero-order valence-electron chi connectivity index (χ0n) is 21.8. The molecule has 36 heavy (non-hydrogen) atoms. The highest BCUT2D eigenvalue weighted by Crippen LogP contribution is 2.41. The number of aryl methyl sites for hydroxylation is 3. The average Bonchev–Trinajstić information content (AvgIpc) is 3.18. The fourth-order valence-corrected chi connectivity index (χ4v) is 4.35. The van der Waals surface area contributed by atoms with E-state index in [0.29, 0.717) is 18.5 Å². The van der Waals surface area contributed by atoms with Crippen LogP contribution in [0.3, 0.4) is 0 Å². The molecule has 0 saturated heterocycles. The normalized spacial score (nSPS) is 12.6. The van der Waals surface area contributed by atoms with Gasteiger partial charge in [-0.1, -0.05) is 35.9 Å². The van der Waals surface area contributed by atoms with Crippen molar-refractivity contribution in [3.8, 4) is 11.1 Å². The minimum Gasteiger partial charge on any atom is -0.481 e. The Morgan fingerprint density at radius 3 is 2.17 bits per heavy atom. The highest BCUT2D eigenvalue weighted by molar-refractivity contribution is 6.09. The number of nitrogens with zero attached hydrogens (tertiary/aromatic N) is 1. The molecule has 1 aliphatic heterocycles. The second-order valence-electron chi connectivity index (χ2n) is 10.3. The molecule has 6 heteroatoms. The second-order valence-corrected chi connectivity index (χ2v) is 10.3. The largest absolute Gasteiger partial charge is 0.481 e. The maximum Gasteiger partial charge on any atom is 0.307 e. The van der Waals surface area contributed by atoms with Crippen molar-refractivity contribution in [3.63, 3.8) is 0 Å². The van der Waals surface area contributed by atoms with Crippen LogP contribution < -0.4 is 4.90 Å². The van der Waals surface area contributed by atoms with Crippen LogP contribution >= 0.6 is 0 Å². The molecule has 0 radical (unpaired) electrons. The van der Waals surface area contributed by atoms with E-state index >= 15 is 0 Å². The van der Waals surface area contributed by atoms with Crippen LogP contribution in [0.4, 0.5) is 10.1 Å². The van der Waals surface area contributed by atoms with E-state index < -0.39 is 17.4 Å². The number of hydrogen-bond acceptors (Lipinski definition) is 3. The molecule has 5 nitrogen and oxygen atoms in total. The first-order valence-electron chi connectivity index (χ1n) is 12.0. The first-order valence-corrected chi connectivity index (χ1v) is 12.0. The van der Waals surface area contributed by atoms with Crippen LogP contribution in [0.2, 0.25) is 0 Å². The first-order chi connectivity index (χ1) is 16.8. The lowest BCUT2D eigenvalue weighted by molar-refractivity contribution is -0.136. The second kappa shape index (κ2) is 10.6. The molecule has 0 spiro atoms. The zero-order chi connectivity index (χ0) is 26.8. The highest BCUT2D eigenvalue weighted by atomic mass is 19.1. The molecule has 0 unspecified atom stereocenters. The summed E-state index contributed by atoms with van der Waals surface area (Å²) in [6.45, 7) is 11.4. The predicted octanol–water partition coefficient (Wildman–Crippen LogP) is 6.03. The maximum atomic E-state index is 13.8. The quantitative estimate of drug-likeness (QED) is 0.467. The Morgan fingerprint density at radius 2 is 1.58 bits per heavy atom. The Balaban J connectivity index is 0.000000658. The van der Waals surface area contributed by atoms with Crippen LogP contribution in [-0.2, 0) is 17.6 Å². The van der Waals surface area contributed by atoms with E-state index in [9.17, 15) is 19.1 Å². The number of carbonyl (C=O) groups excluding carboxylic acids is 1. The van der Waals surface area contributed by atoms with Gasteiger partial charge in [-0.25, -0.2) is 4.39 Å². The molecule has 2 N–H and O–H groups in total. The number of anilines is 1. The summed E-state index contributed by atoms with van der Waals surface area (Å²) in [5.41, 5.74) is 6.85. The van der Waals surface area contributed by atoms with E-state index in [0.717, 1.165) is 44.6 Å². The predicted molar refractivity (Wildman–Crippen MR) is 141 cm³/mol. The van der Waals surface area contributed by atoms with Crippen molar-refractivity contribution in [1.82, 2.24) is 0 Å². The fraction of sp³-hybridized carbons (Fsp3) is 0.333. The lowest BCUT2D eigenvalue weighted by atomic mass is 9.88. The molecule has 4 rings (SSSR count). The van der Waals surface area contributed by atoms with Gasteiger partial charge in [-0.2, -0.15) is 0 Å². The van der Waals surface area contributed by atoms with E-state index in [1.54, 1.807) is 38.7 Å². The lowest BCUT2D eigenvalue weighted by Crippen LogP contribution is -2.29. The molecular weight excluding hydrogens is 457 g/mol. The average molecular weight is 492 g/mol. The van der Waals surface area contributed by atoms with Crippen molar-refractivity contribution in [2.24, 2.45) is 0 Å². The molecule has 0 bridgehead atoms. The SMILES string of the molecule is CC(C)(C)O.Cc1ccc(-c2c(CC(=O)O)c(C)cc3c2CCN3C(=O)c2cc(F)ccc2C)cc1. The Hall–Kier alpha value is -3.51. The Morgan fingerprint density at radius 1 is 0.972 bits per heavy atom. The van der Waals surface area contributed by atoms with Gasteiger partial charge in [-0.05, 0) is 99.5 Å². The maximum absolute atomic E-state index is 13.8. The summed E-state index contributed by atoms with van der Waals surface area (Å²) in [4.78, 5) is 26.6. The number of fused-ring (bicyclic) bond motifs is 1. The van der Waals surface area contributed by atoms with Crippen molar-refractivity contribution in [3.05, 3.63) is 87.7 Å². The molecule has 0 aliphatic carbocycles.